The van der Waals surface area contributed by atoms with Gasteiger partial charge in [0.2, 0.25) is 0 Å². The van der Waals surface area contributed by atoms with Crippen LogP contribution < -0.4 is 0 Å². The Hall–Kier alpha value is -1.31. The molecule has 0 aromatic heterocycles. The van der Waals surface area contributed by atoms with Crippen LogP contribution >= 0.6 is 0 Å². The number of hydrogen-bond donors (Lipinski definition) is 1. The monoisotopic (exact) mass is 180 g/mol. The third kappa shape index (κ3) is 1.89. The minimum absolute atomic E-state index is 0.103. The summed E-state index contributed by atoms with van der Waals surface area (Å²) in [4.78, 5) is 0. The van der Waals surface area contributed by atoms with Crippen molar-refractivity contribution in [1.82, 2.24) is 0 Å². The van der Waals surface area contributed by atoms with Crippen molar-refractivity contribution < 1.29 is 9.50 Å². The summed E-state index contributed by atoms with van der Waals surface area (Å²) in [6.45, 7) is 7.24. The predicted octanol–water partition coefficient (Wildman–Crippen LogP) is 3.13. The van der Waals surface area contributed by atoms with E-state index in [-0.39, 0.29) is 11.6 Å². The Balaban J connectivity index is 3.28. The topological polar surface area (TPSA) is 20.2 Å². The van der Waals surface area contributed by atoms with Gasteiger partial charge in [0.1, 0.15) is 11.6 Å². The van der Waals surface area contributed by atoms with E-state index in [2.05, 4.69) is 6.58 Å². The maximum absolute atomic E-state index is 13.2. The summed E-state index contributed by atoms with van der Waals surface area (Å²) in [5.41, 5.74) is 1.68. The quantitative estimate of drug-likeness (QED) is 0.741. The Morgan fingerprint density at radius 2 is 2.15 bits per heavy atom. The minimum atomic E-state index is -0.279. The van der Waals surface area contributed by atoms with E-state index < -0.39 is 0 Å². The van der Waals surface area contributed by atoms with Gasteiger partial charge in [-0.25, -0.2) is 4.39 Å². The number of aromatic hydroxyl groups is 1. The molecule has 0 aliphatic carbocycles. The first-order chi connectivity index (χ1) is 6.06. The number of phenolic OH excluding ortho intramolecular Hbond substituents is 1. The highest BCUT2D eigenvalue weighted by atomic mass is 19.1. The zero-order chi connectivity index (χ0) is 10.0. The summed E-state index contributed by atoms with van der Waals surface area (Å²) in [6.07, 6.45) is 0.579. The molecule has 0 unspecified atom stereocenters. The highest BCUT2D eigenvalue weighted by Crippen LogP contribution is 2.27. The normalized spacial score (nSPS) is 10.1. The number of rotatable bonds is 2. The van der Waals surface area contributed by atoms with Crippen molar-refractivity contribution in [3.05, 3.63) is 35.7 Å². The Morgan fingerprint density at radius 1 is 1.54 bits per heavy atom. The van der Waals surface area contributed by atoms with E-state index in [1.165, 1.54) is 12.1 Å². The average Bonchev–Trinajstić information content (AvgIpc) is 2.07. The Morgan fingerprint density at radius 3 is 2.62 bits per heavy atom. The van der Waals surface area contributed by atoms with Crippen LogP contribution in [0.25, 0.3) is 5.57 Å². The van der Waals surface area contributed by atoms with E-state index in [1.807, 2.05) is 6.92 Å². The van der Waals surface area contributed by atoms with Gasteiger partial charge in [-0.1, -0.05) is 13.5 Å². The van der Waals surface area contributed by atoms with Gasteiger partial charge in [0.05, 0.1) is 0 Å². The Kier molecular flexibility index (Phi) is 2.71. The molecule has 0 aliphatic heterocycles. The van der Waals surface area contributed by atoms with E-state index >= 15 is 0 Å². The van der Waals surface area contributed by atoms with Crippen LogP contribution in [0, 0.1) is 5.82 Å². The molecule has 0 spiro atoms. The van der Waals surface area contributed by atoms with Crippen LogP contribution in [0.4, 0.5) is 4.39 Å². The molecule has 13 heavy (non-hydrogen) atoms. The summed E-state index contributed by atoms with van der Waals surface area (Å²) in [6, 6.07) is 2.79. The number of allylic oxidation sites excluding steroid dienone is 1. The second-order valence-corrected chi connectivity index (χ2v) is 3.09. The summed E-state index contributed by atoms with van der Waals surface area (Å²) in [5.74, 6) is -0.177. The molecule has 1 aromatic carbocycles. The minimum Gasteiger partial charge on any atom is -0.507 e. The molecule has 0 atom stereocenters. The number of halogens is 1. The molecule has 0 heterocycles. The summed E-state index contributed by atoms with van der Waals surface area (Å²) in [5, 5.41) is 9.49. The lowest BCUT2D eigenvalue weighted by Gasteiger charge is -2.06. The molecule has 0 amide bonds. The molecular formula is C11H13FO. The molecule has 0 fully saturated rings. The lowest BCUT2D eigenvalue weighted by Crippen LogP contribution is -1.90. The van der Waals surface area contributed by atoms with Crippen LogP contribution in [0.3, 0.4) is 0 Å². The lowest BCUT2D eigenvalue weighted by molar-refractivity contribution is 0.469. The van der Waals surface area contributed by atoms with Crippen LogP contribution in [0.15, 0.2) is 18.7 Å². The highest BCUT2D eigenvalue weighted by molar-refractivity contribution is 5.67. The van der Waals surface area contributed by atoms with Crippen LogP contribution in [0.1, 0.15) is 25.0 Å². The average molecular weight is 180 g/mol. The number of phenols is 1. The van der Waals surface area contributed by atoms with Crippen molar-refractivity contribution in [1.29, 1.82) is 0 Å². The summed E-state index contributed by atoms with van der Waals surface area (Å²) in [7, 11) is 0. The lowest BCUT2D eigenvalue weighted by atomic mass is 10.0. The fourth-order valence-electron chi connectivity index (χ4n) is 1.22. The van der Waals surface area contributed by atoms with Gasteiger partial charge in [0.15, 0.2) is 0 Å². The second-order valence-electron chi connectivity index (χ2n) is 3.09. The highest BCUT2D eigenvalue weighted by Gasteiger charge is 2.07. The zero-order valence-electron chi connectivity index (χ0n) is 7.89. The first kappa shape index (κ1) is 9.78. The molecule has 1 aromatic rings. The smallest absolute Gasteiger partial charge is 0.127 e. The van der Waals surface area contributed by atoms with Crippen molar-refractivity contribution in [3.63, 3.8) is 0 Å². The van der Waals surface area contributed by atoms with E-state index in [1.54, 1.807) is 6.92 Å². The number of aryl methyl sites for hydroxylation is 1. The van der Waals surface area contributed by atoms with Gasteiger partial charge >= 0.3 is 0 Å². The first-order valence-corrected chi connectivity index (χ1v) is 4.23. The van der Waals surface area contributed by atoms with Crippen LogP contribution in [0.5, 0.6) is 5.75 Å². The van der Waals surface area contributed by atoms with Gasteiger partial charge in [0.25, 0.3) is 0 Å². The van der Waals surface area contributed by atoms with Crippen molar-refractivity contribution in [2.75, 3.05) is 0 Å². The van der Waals surface area contributed by atoms with Crippen LogP contribution in [-0.4, -0.2) is 5.11 Å². The van der Waals surface area contributed by atoms with Crippen molar-refractivity contribution in [3.8, 4) is 5.75 Å². The largest absolute Gasteiger partial charge is 0.507 e. The van der Waals surface area contributed by atoms with Gasteiger partial charge in [-0.3, -0.25) is 0 Å². The van der Waals surface area contributed by atoms with Crippen molar-refractivity contribution in [2.45, 2.75) is 20.3 Å². The molecule has 1 rings (SSSR count). The van der Waals surface area contributed by atoms with E-state index in [4.69, 9.17) is 0 Å². The molecular weight excluding hydrogens is 167 g/mol. The third-order valence-corrected chi connectivity index (χ3v) is 2.01. The van der Waals surface area contributed by atoms with Gasteiger partial charge < -0.3 is 5.11 Å². The van der Waals surface area contributed by atoms with Crippen LogP contribution in [-0.2, 0) is 6.42 Å². The molecule has 0 bridgehead atoms. The van der Waals surface area contributed by atoms with Crippen LogP contribution in [0.2, 0.25) is 0 Å². The van der Waals surface area contributed by atoms with E-state index in [0.717, 1.165) is 0 Å². The zero-order valence-corrected chi connectivity index (χ0v) is 7.89. The molecule has 1 nitrogen and oxygen atoms in total. The van der Waals surface area contributed by atoms with E-state index in [9.17, 15) is 9.50 Å². The summed E-state index contributed by atoms with van der Waals surface area (Å²) < 4.78 is 13.2. The first-order valence-electron chi connectivity index (χ1n) is 4.23. The maximum atomic E-state index is 13.2. The predicted molar refractivity (Wildman–Crippen MR) is 52.2 cm³/mol. The maximum Gasteiger partial charge on any atom is 0.127 e. The summed E-state index contributed by atoms with van der Waals surface area (Å²) >= 11 is 0. The molecule has 1 N–H and O–H groups in total. The molecule has 0 saturated carbocycles. The van der Waals surface area contributed by atoms with Crippen molar-refractivity contribution >= 4 is 5.57 Å². The molecule has 0 saturated heterocycles. The fraction of sp³-hybridized carbons (Fsp3) is 0.273. The second kappa shape index (κ2) is 3.60. The van der Waals surface area contributed by atoms with Gasteiger partial charge in [-0.15, -0.1) is 0 Å². The molecule has 0 radical (unpaired) electrons. The van der Waals surface area contributed by atoms with Gasteiger partial charge in [0, 0.05) is 5.56 Å². The third-order valence-electron chi connectivity index (χ3n) is 2.01. The number of hydrogen-bond acceptors (Lipinski definition) is 1. The Bertz CT molecular complexity index is 342. The van der Waals surface area contributed by atoms with Crippen molar-refractivity contribution in [2.24, 2.45) is 0 Å². The Labute approximate surface area is 77.5 Å². The number of benzene rings is 1. The van der Waals surface area contributed by atoms with Gasteiger partial charge in [-0.05, 0) is 36.6 Å². The standard InChI is InChI=1S/C11H13FO/c1-4-8-5-11(13)9(7(2)3)6-10(8)12/h5-6,13H,2,4H2,1,3H3. The van der Waals surface area contributed by atoms with Gasteiger partial charge in [-0.2, -0.15) is 0 Å². The molecule has 2 heteroatoms. The SMILES string of the molecule is C=C(C)c1cc(F)c(CC)cc1O. The van der Waals surface area contributed by atoms with E-state index in [0.29, 0.717) is 23.1 Å². The fourth-order valence-corrected chi connectivity index (χ4v) is 1.22. The molecule has 0 aliphatic rings. The molecule has 70 valence electrons.